The van der Waals surface area contributed by atoms with Crippen molar-refractivity contribution in [1.82, 2.24) is 19.8 Å². The number of anilines is 2. The molecule has 2 aliphatic heterocycles. The topological polar surface area (TPSA) is 61.4 Å². The molecule has 172 valence electrons. The minimum atomic E-state index is -0.461. The lowest BCUT2D eigenvalue weighted by Crippen LogP contribution is -2.35. The highest BCUT2D eigenvalue weighted by molar-refractivity contribution is 7.99. The van der Waals surface area contributed by atoms with Crippen LogP contribution in [-0.2, 0) is 17.8 Å². The predicted octanol–water partition coefficient (Wildman–Crippen LogP) is 4.72. The van der Waals surface area contributed by atoms with E-state index in [2.05, 4.69) is 20.2 Å². The Kier molecular flexibility index (Phi) is 6.82. The zero-order valence-corrected chi connectivity index (χ0v) is 20.3. The fourth-order valence-corrected chi connectivity index (χ4v) is 6.48. The fraction of sp³-hybridized carbons (Fsp3) is 0.348. The van der Waals surface area contributed by atoms with Crippen LogP contribution in [0, 0.1) is 5.82 Å². The second-order valence-corrected chi connectivity index (χ2v) is 10.7. The molecular weight excluding hydrogens is 481 g/mol. The van der Waals surface area contributed by atoms with Gasteiger partial charge in [-0.05, 0) is 30.2 Å². The third-order valence-corrected chi connectivity index (χ3v) is 8.22. The van der Waals surface area contributed by atoms with Gasteiger partial charge in [-0.2, -0.15) is 11.8 Å². The molecule has 10 heteroatoms. The summed E-state index contributed by atoms with van der Waals surface area (Å²) in [6, 6.07) is 4.50. The first-order chi connectivity index (χ1) is 16.1. The van der Waals surface area contributed by atoms with Crippen LogP contribution in [-0.4, -0.2) is 63.4 Å². The van der Waals surface area contributed by atoms with E-state index in [0.717, 1.165) is 52.7 Å². The average molecular weight is 504 g/mol. The van der Waals surface area contributed by atoms with Crippen molar-refractivity contribution in [3.8, 4) is 0 Å². The molecule has 2 aromatic heterocycles. The minimum absolute atomic E-state index is 0.0508. The van der Waals surface area contributed by atoms with Gasteiger partial charge in [-0.1, -0.05) is 17.7 Å². The monoisotopic (exact) mass is 503 g/mol. The molecule has 0 unspecified atom stereocenters. The number of nitrogens with zero attached hydrogens (tertiary/aromatic N) is 4. The summed E-state index contributed by atoms with van der Waals surface area (Å²) < 4.78 is 13.5. The summed E-state index contributed by atoms with van der Waals surface area (Å²) in [5.74, 6) is 2.58. The van der Waals surface area contributed by atoms with E-state index in [-0.39, 0.29) is 10.9 Å². The SMILES string of the molecule is O=C(C=CCN1CCSCC1)N1CCc2c(sc3ncnc(Nc4ccc(F)c(Cl)c4)c23)C1. The lowest BCUT2D eigenvalue weighted by atomic mass is 10.0. The van der Waals surface area contributed by atoms with Crippen molar-refractivity contribution >= 4 is 62.3 Å². The zero-order valence-electron chi connectivity index (χ0n) is 17.9. The standard InChI is InChI=1S/C23H23ClFN5OS2/c24-17-12-15(3-4-18(17)25)28-22-21-16-5-7-30(13-19(16)33-23(21)27-14-26-22)20(31)2-1-6-29-8-10-32-11-9-29/h1-4,12,14H,5-11,13H2,(H,26,27,28). The highest BCUT2D eigenvalue weighted by Crippen LogP contribution is 2.38. The number of halogens is 2. The van der Waals surface area contributed by atoms with E-state index in [9.17, 15) is 9.18 Å². The third-order valence-electron chi connectivity index (χ3n) is 5.86. The van der Waals surface area contributed by atoms with Crippen molar-refractivity contribution in [2.45, 2.75) is 13.0 Å². The normalized spacial score (nSPS) is 17.0. The molecule has 0 radical (unpaired) electrons. The molecule has 4 heterocycles. The maximum atomic E-state index is 13.5. The number of amides is 1. The Hall–Kier alpha value is -2.20. The lowest BCUT2D eigenvalue weighted by Gasteiger charge is -2.26. The number of hydrogen-bond donors (Lipinski definition) is 1. The Bertz CT molecular complexity index is 1210. The molecular formula is C23H23ClFN5OS2. The van der Waals surface area contributed by atoms with Crippen LogP contribution < -0.4 is 5.32 Å². The first-order valence-electron chi connectivity index (χ1n) is 10.8. The van der Waals surface area contributed by atoms with Crippen LogP contribution in [0.2, 0.25) is 5.02 Å². The van der Waals surface area contributed by atoms with E-state index >= 15 is 0 Å². The van der Waals surface area contributed by atoms with Crippen molar-refractivity contribution in [2.24, 2.45) is 0 Å². The number of thioether (sulfide) groups is 1. The van der Waals surface area contributed by atoms with Crippen LogP contribution in [0.25, 0.3) is 10.2 Å². The summed E-state index contributed by atoms with van der Waals surface area (Å²) in [4.78, 5) is 27.9. The zero-order chi connectivity index (χ0) is 22.8. The second-order valence-electron chi connectivity index (χ2n) is 7.99. The molecule has 3 aromatic rings. The maximum Gasteiger partial charge on any atom is 0.246 e. The first kappa shape index (κ1) is 22.6. The molecule has 6 nitrogen and oxygen atoms in total. The van der Waals surface area contributed by atoms with Crippen LogP contribution in [0.4, 0.5) is 15.9 Å². The molecule has 33 heavy (non-hydrogen) atoms. The van der Waals surface area contributed by atoms with Gasteiger partial charge in [-0.3, -0.25) is 9.69 Å². The molecule has 0 bridgehead atoms. The molecule has 1 fully saturated rings. The van der Waals surface area contributed by atoms with Gasteiger partial charge < -0.3 is 10.2 Å². The van der Waals surface area contributed by atoms with Gasteiger partial charge in [0.1, 0.15) is 22.8 Å². The Balaban J connectivity index is 1.31. The van der Waals surface area contributed by atoms with Gasteiger partial charge in [0, 0.05) is 54.3 Å². The fourth-order valence-electron chi connectivity index (χ4n) is 4.11. The Morgan fingerprint density at radius 2 is 2.09 bits per heavy atom. The second kappa shape index (κ2) is 9.97. The van der Waals surface area contributed by atoms with E-state index in [1.54, 1.807) is 29.5 Å². The third kappa shape index (κ3) is 5.01. The number of benzene rings is 1. The van der Waals surface area contributed by atoms with E-state index < -0.39 is 5.82 Å². The summed E-state index contributed by atoms with van der Waals surface area (Å²) in [6.45, 7) is 4.21. The number of fused-ring (bicyclic) bond motifs is 3. The molecule has 0 atom stereocenters. The maximum absolute atomic E-state index is 13.5. The molecule has 0 saturated carbocycles. The summed E-state index contributed by atoms with van der Waals surface area (Å²) in [5.41, 5.74) is 1.83. The van der Waals surface area contributed by atoms with Crippen LogP contribution in [0.3, 0.4) is 0 Å². The highest BCUT2D eigenvalue weighted by atomic mass is 35.5. The van der Waals surface area contributed by atoms with Crippen LogP contribution >= 0.6 is 34.7 Å². The number of carbonyl (C=O) groups is 1. The summed E-state index contributed by atoms with van der Waals surface area (Å²) in [5, 5.41) is 4.27. The molecule has 1 aromatic carbocycles. The minimum Gasteiger partial charge on any atom is -0.340 e. The van der Waals surface area contributed by atoms with Crippen molar-refractivity contribution < 1.29 is 9.18 Å². The highest BCUT2D eigenvalue weighted by Gasteiger charge is 2.25. The summed E-state index contributed by atoms with van der Waals surface area (Å²) >= 11 is 9.50. The van der Waals surface area contributed by atoms with Crippen LogP contribution in [0.1, 0.15) is 10.4 Å². The molecule has 1 amide bonds. The smallest absolute Gasteiger partial charge is 0.246 e. The molecule has 1 saturated heterocycles. The Morgan fingerprint density at radius 3 is 2.91 bits per heavy atom. The summed E-state index contributed by atoms with van der Waals surface area (Å²) in [6.07, 6.45) is 5.96. The number of nitrogens with one attached hydrogen (secondary N) is 1. The summed E-state index contributed by atoms with van der Waals surface area (Å²) in [7, 11) is 0. The van der Waals surface area contributed by atoms with Gasteiger partial charge in [0.05, 0.1) is 17.0 Å². The van der Waals surface area contributed by atoms with Crippen molar-refractivity contribution in [3.63, 3.8) is 0 Å². The van der Waals surface area contributed by atoms with Gasteiger partial charge in [0.15, 0.2) is 0 Å². The number of carbonyl (C=O) groups excluding carboxylic acids is 1. The van der Waals surface area contributed by atoms with Crippen molar-refractivity contribution in [2.75, 3.05) is 43.0 Å². The van der Waals surface area contributed by atoms with Crippen LogP contribution in [0.5, 0.6) is 0 Å². The number of aromatic nitrogens is 2. The molecule has 0 spiro atoms. The predicted molar refractivity (Wildman–Crippen MR) is 134 cm³/mol. The van der Waals surface area contributed by atoms with Gasteiger partial charge in [0.2, 0.25) is 5.91 Å². The van der Waals surface area contributed by atoms with E-state index in [1.165, 1.54) is 18.0 Å². The number of thiophene rings is 1. The molecule has 2 aliphatic rings. The molecule has 1 N–H and O–H groups in total. The first-order valence-corrected chi connectivity index (χ1v) is 13.2. The number of rotatable bonds is 5. The van der Waals surface area contributed by atoms with E-state index in [0.29, 0.717) is 24.6 Å². The Morgan fingerprint density at radius 1 is 1.24 bits per heavy atom. The molecule has 5 rings (SSSR count). The average Bonchev–Trinajstić information content (AvgIpc) is 3.21. The van der Waals surface area contributed by atoms with Crippen molar-refractivity contribution in [3.05, 3.63) is 58.0 Å². The van der Waals surface area contributed by atoms with E-state index in [1.807, 2.05) is 22.7 Å². The van der Waals surface area contributed by atoms with Gasteiger partial charge in [-0.15, -0.1) is 11.3 Å². The lowest BCUT2D eigenvalue weighted by molar-refractivity contribution is -0.126. The van der Waals surface area contributed by atoms with E-state index in [4.69, 9.17) is 11.6 Å². The van der Waals surface area contributed by atoms with Crippen LogP contribution in [0.15, 0.2) is 36.7 Å². The largest absolute Gasteiger partial charge is 0.340 e. The Labute approximate surface area is 204 Å². The van der Waals surface area contributed by atoms with Gasteiger partial charge in [-0.25, -0.2) is 14.4 Å². The van der Waals surface area contributed by atoms with Gasteiger partial charge >= 0.3 is 0 Å². The number of hydrogen-bond acceptors (Lipinski definition) is 7. The molecule has 0 aliphatic carbocycles. The quantitative estimate of drug-likeness (QED) is 0.508. The van der Waals surface area contributed by atoms with Crippen molar-refractivity contribution in [1.29, 1.82) is 0 Å². The van der Waals surface area contributed by atoms with Gasteiger partial charge in [0.25, 0.3) is 0 Å².